The van der Waals surface area contributed by atoms with Crippen LogP contribution in [0.2, 0.25) is 0 Å². The molecule has 1 aromatic rings. The standard InChI is InChI=1S/C10H12N4/c1-12-14-7-10-4-2-9(3-5-10)6-13-8-11/h2-5,13-14H,1,6-7H2. The molecule has 0 amide bonds. The average molecular weight is 188 g/mol. The number of hydrazone groups is 1. The minimum Gasteiger partial charge on any atom is -0.319 e. The SMILES string of the molecule is C=NNCc1ccc(CNC#N)cc1. The van der Waals surface area contributed by atoms with E-state index in [0.29, 0.717) is 13.1 Å². The zero-order valence-corrected chi connectivity index (χ0v) is 7.83. The van der Waals surface area contributed by atoms with Crippen LogP contribution in [0.4, 0.5) is 0 Å². The molecule has 4 heteroatoms. The lowest BCUT2D eigenvalue weighted by Gasteiger charge is -2.02. The van der Waals surface area contributed by atoms with Gasteiger partial charge in [-0.3, -0.25) is 0 Å². The minimum atomic E-state index is 0.573. The lowest BCUT2D eigenvalue weighted by Crippen LogP contribution is -2.06. The summed E-state index contributed by atoms with van der Waals surface area (Å²) in [5.74, 6) is 0. The molecule has 1 aromatic carbocycles. The zero-order valence-electron chi connectivity index (χ0n) is 7.83. The van der Waals surface area contributed by atoms with Crippen molar-refractivity contribution in [3.8, 4) is 6.19 Å². The van der Waals surface area contributed by atoms with Crippen LogP contribution in [0.15, 0.2) is 29.4 Å². The van der Waals surface area contributed by atoms with Crippen molar-refractivity contribution in [3.63, 3.8) is 0 Å². The van der Waals surface area contributed by atoms with E-state index in [4.69, 9.17) is 5.26 Å². The summed E-state index contributed by atoms with van der Waals surface area (Å²) in [4.78, 5) is 0. The van der Waals surface area contributed by atoms with Gasteiger partial charge in [0.2, 0.25) is 0 Å². The second-order valence-electron chi connectivity index (χ2n) is 2.77. The first-order chi connectivity index (χ1) is 6.86. The van der Waals surface area contributed by atoms with E-state index in [-0.39, 0.29) is 0 Å². The van der Waals surface area contributed by atoms with Gasteiger partial charge in [-0.15, -0.1) is 0 Å². The molecular formula is C10H12N4. The van der Waals surface area contributed by atoms with E-state index in [1.165, 1.54) is 0 Å². The molecule has 0 radical (unpaired) electrons. The van der Waals surface area contributed by atoms with Gasteiger partial charge in [0.15, 0.2) is 6.19 Å². The lowest BCUT2D eigenvalue weighted by atomic mass is 10.1. The Morgan fingerprint density at radius 3 is 2.29 bits per heavy atom. The Balaban J connectivity index is 2.51. The maximum atomic E-state index is 8.31. The number of hydrogen-bond acceptors (Lipinski definition) is 4. The van der Waals surface area contributed by atoms with Gasteiger partial charge in [0.05, 0.1) is 6.54 Å². The van der Waals surface area contributed by atoms with Crippen molar-refractivity contribution in [1.29, 1.82) is 5.26 Å². The summed E-state index contributed by atoms with van der Waals surface area (Å²) < 4.78 is 0. The van der Waals surface area contributed by atoms with Crippen LogP contribution in [-0.4, -0.2) is 6.72 Å². The fourth-order valence-corrected chi connectivity index (χ4v) is 1.06. The topological polar surface area (TPSA) is 60.2 Å². The molecule has 0 saturated carbocycles. The van der Waals surface area contributed by atoms with E-state index in [2.05, 4.69) is 22.6 Å². The van der Waals surface area contributed by atoms with Crippen LogP contribution in [0, 0.1) is 11.5 Å². The molecule has 0 aliphatic carbocycles. The highest BCUT2D eigenvalue weighted by molar-refractivity contribution is 5.24. The molecule has 4 nitrogen and oxygen atoms in total. The van der Waals surface area contributed by atoms with Gasteiger partial charge in [-0.05, 0) is 11.1 Å². The molecule has 0 fully saturated rings. The Hall–Kier alpha value is -2.02. The van der Waals surface area contributed by atoms with Crippen LogP contribution in [0.25, 0.3) is 0 Å². The third kappa shape index (κ3) is 3.15. The molecule has 1 rings (SSSR count). The van der Waals surface area contributed by atoms with Crippen molar-refractivity contribution >= 4 is 6.72 Å². The molecule has 14 heavy (non-hydrogen) atoms. The third-order valence-corrected chi connectivity index (χ3v) is 1.79. The second kappa shape index (κ2) is 5.60. The Labute approximate surface area is 83.2 Å². The largest absolute Gasteiger partial charge is 0.319 e. The van der Waals surface area contributed by atoms with Crippen molar-refractivity contribution in [3.05, 3.63) is 35.4 Å². The van der Waals surface area contributed by atoms with Crippen molar-refractivity contribution < 1.29 is 0 Å². The molecule has 0 spiro atoms. The Bertz CT molecular complexity index is 323. The summed E-state index contributed by atoms with van der Waals surface area (Å²) in [6, 6.07) is 7.94. The molecule has 2 N–H and O–H groups in total. The van der Waals surface area contributed by atoms with Crippen LogP contribution in [0.1, 0.15) is 11.1 Å². The fourth-order valence-electron chi connectivity index (χ4n) is 1.06. The summed E-state index contributed by atoms with van der Waals surface area (Å²) in [6.07, 6.45) is 1.88. The average Bonchev–Trinajstić information content (AvgIpc) is 2.25. The first-order valence-electron chi connectivity index (χ1n) is 4.25. The Morgan fingerprint density at radius 2 is 1.79 bits per heavy atom. The zero-order chi connectivity index (χ0) is 10.2. The van der Waals surface area contributed by atoms with Crippen LogP contribution in [0.3, 0.4) is 0 Å². The normalized spacial score (nSPS) is 8.79. The van der Waals surface area contributed by atoms with E-state index < -0.39 is 0 Å². The van der Waals surface area contributed by atoms with Gasteiger partial charge in [-0.1, -0.05) is 24.3 Å². The van der Waals surface area contributed by atoms with Crippen LogP contribution in [-0.2, 0) is 13.1 Å². The number of benzene rings is 1. The monoisotopic (exact) mass is 188 g/mol. The summed E-state index contributed by atoms with van der Waals surface area (Å²) >= 11 is 0. The lowest BCUT2D eigenvalue weighted by molar-refractivity contribution is 0.750. The number of rotatable bonds is 5. The minimum absolute atomic E-state index is 0.573. The number of nitriles is 1. The van der Waals surface area contributed by atoms with Gasteiger partial charge in [0.1, 0.15) is 0 Å². The first kappa shape index (κ1) is 10.1. The molecule has 0 bridgehead atoms. The van der Waals surface area contributed by atoms with Gasteiger partial charge in [0.25, 0.3) is 0 Å². The van der Waals surface area contributed by atoms with E-state index in [1.807, 2.05) is 30.5 Å². The van der Waals surface area contributed by atoms with Crippen LogP contribution < -0.4 is 10.7 Å². The van der Waals surface area contributed by atoms with Gasteiger partial charge >= 0.3 is 0 Å². The molecular weight excluding hydrogens is 176 g/mol. The maximum absolute atomic E-state index is 8.31. The van der Waals surface area contributed by atoms with Crippen molar-refractivity contribution in [1.82, 2.24) is 10.7 Å². The van der Waals surface area contributed by atoms with E-state index in [1.54, 1.807) is 0 Å². The van der Waals surface area contributed by atoms with Crippen LogP contribution in [0.5, 0.6) is 0 Å². The smallest absolute Gasteiger partial charge is 0.176 e. The third-order valence-electron chi connectivity index (χ3n) is 1.79. The van der Waals surface area contributed by atoms with Crippen molar-refractivity contribution in [2.75, 3.05) is 0 Å². The molecule has 0 heterocycles. The van der Waals surface area contributed by atoms with Crippen molar-refractivity contribution in [2.24, 2.45) is 5.10 Å². The van der Waals surface area contributed by atoms with Gasteiger partial charge < -0.3 is 10.7 Å². The highest BCUT2D eigenvalue weighted by Crippen LogP contribution is 2.03. The molecule has 0 unspecified atom stereocenters. The van der Waals surface area contributed by atoms with Crippen molar-refractivity contribution in [2.45, 2.75) is 13.1 Å². The molecule has 0 aliphatic rings. The van der Waals surface area contributed by atoms with E-state index in [9.17, 15) is 0 Å². The van der Waals surface area contributed by atoms with E-state index in [0.717, 1.165) is 11.1 Å². The quantitative estimate of drug-likeness (QED) is 0.313. The molecule has 0 saturated heterocycles. The van der Waals surface area contributed by atoms with Gasteiger partial charge in [-0.2, -0.15) is 10.4 Å². The summed E-state index contributed by atoms with van der Waals surface area (Å²) in [6.45, 7) is 4.58. The molecule has 0 atom stereocenters. The van der Waals surface area contributed by atoms with E-state index >= 15 is 0 Å². The second-order valence-corrected chi connectivity index (χ2v) is 2.77. The Morgan fingerprint density at radius 1 is 1.21 bits per heavy atom. The number of nitrogens with one attached hydrogen (secondary N) is 2. The summed E-state index contributed by atoms with van der Waals surface area (Å²) in [5, 5.41) is 14.4. The highest BCUT2D eigenvalue weighted by atomic mass is 15.3. The molecule has 72 valence electrons. The Kier molecular flexibility index (Phi) is 4.02. The first-order valence-corrected chi connectivity index (χ1v) is 4.25. The fraction of sp³-hybridized carbons (Fsp3) is 0.200. The summed E-state index contributed by atoms with van der Waals surface area (Å²) in [7, 11) is 0. The predicted octanol–water partition coefficient (Wildman–Crippen LogP) is 0.962. The maximum Gasteiger partial charge on any atom is 0.176 e. The molecule has 0 aliphatic heterocycles. The number of hydrogen-bond donors (Lipinski definition) is 2. The molecule has 0 aromatic heterocycles. The number of nitrogens with zero attached hydrogens (tertiary/aromatic N) is 2. The van der Waals surface area contributed by atoms with Gasteiger partial charge in [0, 0.05) is 13.3 Å². The summed E-state index contributed by atoms with van der Waals surface area (Å²) in [5.41, 5.74) is 5.00. The van der Waals surface area contributed by atoms with Gasteiger partial charge in [-0.25, -0.2) is 0 Å². The van der Waals surface area contributed by atoms with Crippen LogP contribution >= 0.6 is 0 Å². The highest BCUT2D eigenvalue weighted by Gasteiger charge is 1.93. The predicted molar refractivity (Wildman–Crippen MR) is 55.3 cm³/mol.